The van der Waals surface area contributed by atoms with Gasteiger partial charge in [-0.3, -0.25) is 14.4 Å². The zero-order valence-electron chi connectivity index (χ0n) is 13.0. The van der Waals surface area contributed by atoms with Gasteiger partial charge in [0.15, 0.2) is 0 Å². The molecular weight excluding hydrogens is 298 g/mol. The molecule has 0 radical (unpaired) electrons. The molecule has 2 amide bonds. The van der Waals surface area contributed by atoms with Crippen LogP contribution in [0.1, 0.15) is 23.2 Å². The van der Waals surface area contributed by atoms with Crippen LogP contribution in [-0.4, -0.2) is 66.0 Å². The Labute approximate surface area is 134 Å². The summed E-state index contributed by atoms with van der Waals surface area (Å²) in [7, 11) is 0. The van der Waals surface area contributed by atoms with Crippen LogP contribution in [0, 0.1) is 5.92 Å². The number of H-pyrrole nitrogens is 1. The summed E-state index contributed by atoms with van der Waals surface area (Å²) in [5.74, 6) is -0.396. The van der Waals surface area contributed by atoms with E-state index in [0.717, 1.165) is 12.8 Å². The largest absolute Gasteiger partial charge is 0.378 e. The van der Waals surface area contributed by atoms with Crippen LogP contribution in [0.5, 0.6) is 0 Å². The number of hydrogen-bond acceptors (Lipinski definition) is 4. The molecule has 2 saturated heterocycles. The van der Waals surface area contributed by atoms with Gasteiger partial charge in [0, 0.05) is 32.4 Å². The zero-order chi connectivity index (χ0) is 16.2. The normalized spacial score (nSPS) is 22.0. The topological polar surface area (TPSA) is 82.7 Å². The summed E-state index contributed by atoms with van der Waals surface area (Å²) in [6, 6.07) is 3.16. The van der Waals surface area contributed by atoms with Crippen LogP contribution in [0.4, 0.5) is 0 Å². The average Bonchev–Trinajstić information content (AvgIpc) is 2.62. The highest BCUT2D eigenvalue weighted by Gasteiger charge is 2.32. The van der Waals surface area contributed by atoms with Crippen molar-refractivity contribution < 1.29 is 14.3 Å². The van der Waals surface area contributed by atoms with Gasteiger partial charge in [-0.25, -0.2) is 0 Å². The van der Waals surface area contributed by atoms with Gasteiger partial charge < -0.3 is 19.5 Å². The number of nitrogens with zero attached hydrogens (tertiary/aromatic N) is 2. The standard InChI is InChI=1S/C16H21N3O4/c20-14-13(4-1-5-17-14)16(22)19-6-2-3-12(11-19)15(21)18-7-9-23-10-8-18/h1,4-5,12H,2-3,6-11H2,(H,17,20). The number of rotatable bonds is 2. The fourth-order valence-corrected chi connectivity index (χ4v) is 3.17. The second kappa shape index (κ2) is 6.95. The molecule has 2 aliphatic heterocycles. The minimum atomic E-state index is -0.390. The van der Waals surface area contributed by atoms with Crippen molar-refractivity contribution in [3.8, 4) is 0 Å². The number of nitrogens with one attached hydrogen (secondary N) is 1. The second-order valence-corrected chi connectivity index (χ2v) is 5.94. The van der Waals surface area contributed by atoms with Crippen molar-refractivity contribution >= 4 is 11.8 Å². The molecule has 3 heterocycles. The lowest BCUT2D eigenvalue weighted by atomic mass is 9.95. The Morgan fingerprint density at radius 3 is 2.70 bits per heavy atom. The number of pyridine rings is 1. The minimum Gasteiger partial charge on any atom is -0.378 e. The Morgan fingerprint density at radius 1 is 1.17 bits per heavy atom. The summed E-state index contributed by atoms with van der Waals surface area (Å²) in [6.07, 6.45) is 3.06. The Kier molecular flexibility index (Phi) is 4.76. The van der Waals surface area contributed by atoms with Gasteiger partial charge in [-0.15, -0.1) is 0 Å². The smallest absolute Gasteiger partial charge is 0.260 e. The van der Waals surface area contributed by atoms with Crippen molar-refractivity contribution in [2.24, 2.45) is 5.92 Å². The third kappa shape index (κ3) is 3.44. The molecule has 0 aliphatic carbocycles. The molecule has 3 rings (SSSR count). The van der Waals surface area contributed by atoms with E-state index in [1.165, 1.54) is 12.3 Å². The number of carbonyl (C=O) groups is 2. The van der Waals surface area contributed by atoms with Gasteiger partial charge in [-0.1, -0.05) is 0 Å². The first-order valence-electron chi connectivity index (χ1n) is 8.00. The molecule has 0 saturated carbocycles. The number of ether oxygens (including phenoxy) is 1. The van der Waals surface area contributed by atoms with Gasteiger partial charge in [-0.2, -0.15) is 0 Å². The molecule has 7 heteroatoms. The molecule has 7 nitrogen and oxygen atoms in total. The maximum atomic E-state index is 12.6. The Hall–Kier alpha value is -2.15. The fraction of sp³-hybridized carbons (Fsp3) is 0.562. The van der Waals surface area contributed by atoms with E-state index >= 15 is 0 Å². The highest BCUT2D eigenvalue weighted by molar-refractivity contribution is 5.94. The molecule has 2 aliphatic rings. The molecule has 0 bridgehead atoms. The zero-order valence-corrected chi connectivity index (χ0v) is 13.0. The Balaban J connectivity index is 1.68. The first kappa shape index (κ1) is 15.7. The van der Waals surface area contributed by atoms with Crippen LogP contribution >= 0.6 is 0 Å². The molecule has 1 aromatic heterocycles. The predicted octanol–water partition coefficient (Wildman–Crippen LogP) is 0.0859. The number of likely N-dealkylation sites (tertiary alicyclic amines) is 1. The first-order valence-corrected chi connectivity index (χ1v) is 8.00. The summed E-state index contributed by atoms with van der Waals surface area (Å²) < 4.78 is 5.27. The number of carbonyl (C=O) groups excluding carboxylic acids is 2. The van der Waals surface area contributed by atoms with Gasteiger partial charge in [0.05, 0.1) is 19.1 Å². The summed E-state index contributed by atoms with van der Waals surface area (Å²) in [6.45, 7) is 3.33. The van der Waals surface area contributed by atoms with Crippen LogP contribution in [0.2, 0.25) is 0 Å². The summed E-state index contributed by atoms with van der Waals surface area (Å²) in [5, 5.41) is 0. The SMILES string of the molecule is O=C(c1ccc[nH]c1=O)N1CCCC(C(=O)N2CCOCC2)C1. The van der Waals surface area contributed by atoms with E-state index in [1.807, 2.05) is 4.90 Å². The molecule has 1 aromatic rings. The van der Waals surface area contributed by atoms with Gasteiger partial charge in [-0.05, 0) is 25.0 Å². The monoisotopic (exact) mass is 319 g/mol. The van der Waals surface area contributed by atoms with E-state index in [9.17, 15) is 14.4 Å². The van der Waals surface area contributed by atoms with Gasteiger partial charge >= 0.3 is 0 Å². The van der Waals surface area contributed by atoms with Gasteiger partial charge in [0.1, 0.15) is 5.56 Å². The molecule has 1 unspecified atom stereocenters. The number of amides is 2. The molecule has 0 spiro atoms. The van der Waals surface area contributed by atoms with Crippen LogP contribution in [-0.2, 0) is 9.53 Å². The third-order valence-electron chi connectivity index (χ3n) is 4.43. The van der Waals surface area contributed by atoms with E-state index in [0.29, 0.717) is 39.4 Å². The van der Waals surface area contributed by atoms with Crippen molar-refractivity contribution in [2.75, 3.05) is 39.4 Å². The summed E-state index contributed by atoms with van der Waals surface area (Å²) >= 11 is 0. The van der Waals surface area contributed by atoms with Crippen molar-refractivity contribution in [3.63, 3.8) is 0 Å². The van der Waals surface area contributed by atoms with E-state index in [-0.39, 0.29) is 28.9 Å². The average molecular weight is 319 g/mol. The van der Waals surface area contributed by atoms with Crippen LogP contribution in [0.15, 0.2) is 23.1 Å². The van der Waals surface area contributed by atoms with Gasteiger partial charge in [0.2, 0.25) is 5.91 Å². The molecule has 2 fully saturated rings. The number of aromatic amines is 1. The lowest BCUT2D eigenvalue weighted by Crippen LogP contribution is -2.50. The van der Waals surface area contributed by atoms with E-state index in [2.05, 4.69) is 4.98 Å². The number of piperidine rings is 1. The lowest BCUT2D eigenvalue weighted by molar-refractivity contribution is -0.141. The first-order chi connectivity index (χ1) is 11.2. The molecule has 124 valence electrons. The lowest BCUT2D eigenvalue weighted by Gasteiger charge is -2.36. The molecule has 1 atom stereocenters. The van der Waals surface area contributed by atoms with E-state index in [1.54, 1.807) is 11.0 Å². The fourth-order valence-electron chi connectivity index (χ4n) is 3.17. The Morgan fingerprint density at radius 2 is 1.96 bits per heavy atom. The number of aromatic nitrogens is 1. The van der Waals surface area contributed by atoms with Crippen molar-refractivity contribution in [1.82, 2.24) is 14.8 Å². The van der Waals surface area contributed by atoms with Crippen molar-refractivity contribution in [2.45, 2.75) is 12.8 Å². The highest BCUT2D eigenvalue weighted by Crippen LogP contribution is 2.20. The van der Waals surface area contributed by atoms with E-state index < -0.39 is 0 Å². The third-order valence-corrected chi connectivity index (χ3v) is 4.43. The minimum absolute atomic E-state index is 0.0905. The van der Waals surface area contributed by atoms with Crippen molar-refractivity contribution in [1.29, 1.82) is 0 Å². The van der Waals surface area contributed by atoms with Crippen LogP contribution < -0.4 is 5.56 Å². The quantitative estimate of drug-likeness (QED) is 0.837. The summed E-state index contributed by atoms with van der Waals surface area (Å²) in [4.78, 5) is 42.8. The van der Waals surface area contributed by atoms with Crippen molar-refractivity contribution in [3.05, 3.63) is 34.2 Å². The van der Waals surface area contributed by atoms with Gasteiger partial charge in [0.25, 0.3) is 11.5 Å². The van der Waals surface area contributed by atoms with Crippen LogP contribution in [0.25, 0.3) is 0 Å². The second-order valence-electron chi connectivity index (χ2n) is 5.94. The molecule has 1 N–H and O–H groups in total. The maximum Gasteiger partial charge on any atom is 0.260 e. The van der Waals surface area contributed by atoms with Crippen LogP contribution in [0.3, 0.4) is 0 Å². The number of morpholine rings is 1. The summed E-state index contributed by atoms with van der Waals surface area (Å²) in [5.41, 5.74) is -0.258. The predicted molar refractivity (Wildman–Crippen MR) is 83.1 cm³/mol. The Bertz CT molecular complexity index is 636. The molecule has 23 heavy (non-hydrogen) atoms. The maximum absolute atomic E-state index is 12.6. The molecule has 0 aromatic carbocycles. The van der Waals surface area contributed by atoms with E-state index in [4.69, 9.17) is 4.74 Å². The number of hydrogen-bond donors (Lipinski definition) is 1. The highest BCUT2D eigenvalue weighted by atomic mass is 16.5. The molecular formula is C16H21N3O4.